The van der Waals surface area contributed by atoms with Crippen LogP contribution in [0.2, 0.25) is 0 Å². The predicted octanol–water partition coefficient (Wildman–Crippen LogP) is 5.97. The topological polar surface area (TPSA) is 110 Å². The lowest BCUT2D eigenvalue weighted by Crippen LogP contribution is -2.43. The van der Waals surface area contributed by atoms with Gasteiger partial charge in [0.1, 0.15) is 25.3 Å². The van der Waals surface area contributed by atoms with Crippen LogP contribution in [0.5, 0.6) is 0 Å². The molecule has 2 fully saturated rings. The van der Waals surface area contributed by atoms with E-state index in [4.69, 9.17) is 4.74 Å². The van der Waals surface area contributed by atoms with E-state index in [0.29, 0.717) is 30.9 Å². The zero-order valence-electron chi connectivity index (χ0n) is 23.5. The zero-order valence-corrected chi connectivity index (χ0v) is 28.3. The third kappa shape index (κ3) is 6.50. The number of hydrogen-bond donors (Lipinski definition) is 1. The van der Waals surface area contributed by atoms with E-state index in [1.807, 2.05) is 45.0 Å². The van der Waals surface area contributed by atoms with Gasteiger partial charge in [0.15, 0.2) is 0 Å². The highest BCUT2D eigenvalue weighted by atomic mass is 79.9. The van der Waals surface area contributed by atoms with E-state index >= 15 is 0 Å². The van der Waals surface area contributed by atoms with Crippen LogP contribution in [-0.4, -0.2) is 64.6 Å². The monoisotopic (exact) mass is 730 g/mol. The van der Waals surface area contributed by atoms with Crippen molar-refractivity contribution in [3.8, 4) is 0 Å². The minimum atomic E-state index is -2.97. The third-order valence-corrected chi connectivity index (χ3v) is 12.9. The maximum Gasteiger partial charge on any atom is 0.414 e. The molecule has 0 radical (unpaired) electrons. The Bertz CT molecular complexity index is 1560. The Morgan fingerprint density at radius 1 is 0.829 bits per heavy atom. The number of carbonyl (C=O) groups is 1. The van der Waals surface area contributed by atoms with Gasteiger partial charge < -0.3 is 10.1 Å². The number of halogens is 2. The fourth-order valence-corrected chi connectivity index (χ4v) is 10.3. The van der Waals surface area contributed by atoms with Gasteiger partial charge in [0.05, 0.1) is 28.7 Å². The molecule has 0 aromatic heterocycles. The summed E-state index contributed by atoms with van der Waals surface area (Å²) in [7, 11) is -5.76. The summed E-state index contributed by atoms with van der Waals surface area (Å²) in [4.78, 5) is 14.3. The number of benzene rings is 2. The standard InChI is InChI=1S/C17H22BrNO4S.C12H14BrNO2S/c1-16(2,3)23-15(20)19-11-17(6-8-24(21,22)9-7-17)13-5-4-12(18)10-14(13)19;13-9-1-2-10-11(7-9)14-8-12(10)3-5-17(15,16)6-4-12/h4-5,10H,6-9,11H2,1-3H3;1-2,7,14H,3-6,8H2. The molecular weight excluding hydrogens is 696 g/mol. The molecule has 4 heterocycles. The first-order valence-corrected chi connectivity index (χ1v) is 19.0. The molecule has 1 N–H and O–H groups in total. The van der Waals surface area contributed by atoms with Crippen LogP contribution in [0.4, 0.5) is 16.2 Å². The lowest BCUT2D eigenvalue weighted by molar-refractivity contribution is 0.0577. The molecule has 1 amide bonds. The Morgan fingerprint density at radius 2 is 1.34 bits per heavy atom. The number of sulfone groups is 2. The molecule has 2 aromatic rings. The minimum Gasteiger partial charge on any atom is -0.443 e. The largest absolute Gasteiger partial charge is 0.443 e. The molecule has 4 aliphatic heterocycles. The molecule has 0 aliphatic carbocycles. The lowest BCUT2D eigenvalue weighted by Gasteiger charge is -2.34. The fourth-order valence-electron chi connectivity index (χ4n) is 6.35. The summed E-state index contributed by atoms with van der Waals surface area (Å²) in [5, 5.41) is 3.40. The Kier molecular flexibility index (Phi) is 8.13. The second-order valence-corrected chi connectivity index (χ2v) is 19.1. The number of ether oxygens (including phenoxy) is 1. The van der Waals surface area contributed by atoms with Gasteiger partial charge in [-0.1, -0.05) is 44.0 Å². The summed E-state index contributed by atoms with van der Waals surface area (Å²) < 4.78 is 54.2. The molecule has 2 spiro atoms. The van der Waals surface area contributed by atoms with E-state index in [9.17, 15) is 21.6 Å². The van der Waals surface area contributed by atoms with Crippen LogP contribution < -0.4 is 10.2 Å². The van der Waals surface area contributed by atoms with Gasteiger partial charge in [-0.2, -0.15) is 0 Å². The van der Waals surface area contributed by atoms with Crippen molar-refractivity contribution >= 4 is 69.0 Å². The van der Waals surface area contributed by atoms with Crippen LogP contribution in [0.3, 0.4) is 0 Å². The summed E-state index contributed by atoms with van der Waals surface area (Å²) in [5.74, 6) is 0.990. The van der Waals surface area contributed by atoms with E-state index in [0.717, 1.165) is 45.3 Å². The lowest BCUT2D eigenvalue weighted by atomic mass is 9.77. The van der Waals surface area contributed by atoms with Crippen LogP contribution in [0.25, 0.3) is 0 Å². The average Bonchev–Trinajstić information content (AvgIpc) is 3.38. The summed E-state index contributed by atoms with van der Waals surface area (Å²) in [6.07, 6.45) is 2.20. The van der Waals surface area contributed by atoms with E-state index in [1.165, 1.54) is 5.56 Å². The molecule has 0 unspecified atom stereocenters. The number of nitrogens with zero attached hydrogens (tertiary/aromatic N) is 1. The molecule has 4 aliphatic rings. The van der Waals surface area contributed by atoms with E-state index in [-0.39, 0.29) is 28.4 Å². The van der Waals surface area contributed by atoms with Gasteiger partial charge in [0.2, 0.25) is 0 Å². The van der Waals surface area contributed by atoms with Crippen LogP contribution >= 0.6 is 31.9 Å². The van der Waals surface area contributed by atoms with Gasteiger partial charge >= 0.3 is 6.09 Å². The van der Waals surface area contributed by atoms with Gasteiger partial charge in [-0.15, -0.1) is 0 Å². The molecule has 2 saturated heterocycles. The summed E-state index contributed by atoms with van der Waals surface area (Å²) in [6.45, 7) is 6.86. The summed E-state index contributed by atoms with van der Waals surface area (Å²) in [5.41, 5.74) is 3.48. The molecule has 12 heteroatoms. The number of hydrogen-bond acceptors (Lipinski definition) is 7. The Balaban J connectivity index is 0.000000174. The minimum absolute atomic E-state index is 0.0430. The fraction of sp³-hybridized carbons (Fsp3) is 0.552. The first-order chi connectivity index (χ1) is 19.0. The molecule has 6 rings (SSSR count). The first-order valence-electron chi connectivity index (χ1n) is 13.8. The van der Waals surface area contributed by atoms with Crippen molar-refractivity contribution in [1.82, 2.24) is 0 Å². The van der Waals surface area contributed by atoms with Gasteiger partial charge in [-0.25, -0.2) is 21.6 Å². The number of fused-ring (bicyclic) bond motifs is 4. The van der Waals surface area contributed by atoms with Crippen LogP contribution in [0.1, 0.15) is 57.6 Å². The molecule has 8 nitrogen and oxygen atoms in total. The molecule has 0 atom stereocenters. The number of amides is 1. The third-order valence-electron chi connectivity index (χ3n) is 8.63. The number of anilines is 2. The zero-order chi connectivity index (χ0) is 29.8. The molecule has 2 aromatic carbocycles. The van der Waals surface area contributed by atoms with Crippen LogP contribution in [0, 0.1) is 0 Å². The van der Waals surface area contributed by atoms with Crippen molar-refractivity contribution in [2.24, 2.45) is 0 Å². The van der Waals surface area contributed by atoms with Crippen molar-refractivity contribution in [3.63, 3.8) is 0 Å². The SMILES string of the molecule is CC(C)(C)OC(=O)N1CC2(CCS(=O)(=O)CC2)c2ccc(Br)cc21.O=S1(=O)CCC2(CC1)CNc1cc(Br)ccc12. The van der Waals surface area contributed by atoms with E-state index < -0.39 is 25.3 Å². The predicted molar refractivity (Wildman–Crippen MR) is 169 cm³/mol. The highest BCUT2D eigenvalue weighted by Crippen LogP contribution is 2.49. The maximum atomic E-state index is 12.7. The highest BCUT2D eigenvalue weighted by Gasteiger charge is 2.48. The number of rotatable bonds is 0. The second-order valence-electron chi connectivity index (χ2n) is 12.6. The molecule has 0 bridgehead atoms. The molecular formula is C29H36Br2N2O6S2. The van der Waals surface area contributed by atoms with E-state index in [2.05, 4.69) is 49.3 Å². The van der Waals surface area contributed by atoms with Gasteiger partial charge in [0.25, 0.3) is 0 Å². The summed E-state index contributed by atoms with van der Waals surface area (Å²) in [6, 6.07) is 12.1. The average molecular weight is 733 g/mol. The van der Waals surface area contributed by atoms with Crippen LogP contribution in [-0.2, 0) is 35.2 Å². The van der Waals surface area contributed by atoms with Gasteiger partial charge in [0, 0.05) is 38.6 Å². The van der Waals surface area contributed by atoms with Crippen molar-refractivity contribution in [3.05, 3.63) is 56.5 Å². The second kappa shape index (κ2) is 10.8. The van der Waals surface area contributed by atoms with Crippen molar-refractivity contribution in [2.45, 2.75) is 62.9 Å². The number of carbonyl (C=O) groups excluding carboxylic acids is 1. The van der Waals surface area contributed by atoms with Crippen LogP contribution in [0.15, 0.2) is 45.3 Å². The van der Waals surface area contributed by atoms with E-state index in [1.54, 1.807) is 4.90 Å². The van der Waals surface area contributed by atoms with Crippen molar-refractivity contribution < 1.29 is 26.4 Å². The van der Waals surface area contributed by atoms with Gasteiger partial charge in [-0.3, -0.25) is 4.90 Å². The van der Waals surface area contributed by atoms with Gasteiger partial charge in [-0.05, 0) is 81.8 Å². The summed E-state index contributed by atoms with van der Waals surface area (Å²) >= 11 is 6.92. The first kappa shape index (κ1) is 30.8. The molecule has 0 saturated carbocycles. The Morgan fingerprint density at radius 3 is 1.90 bits per heavy atom. The highest BCUT2D eigenvalue weighted by molar-refractivity contribution is 9.10. The Labute approximate surface area is 259 Å². The smallest absolute Gasteiger partial charge is 0.414 e. The van der Waals surface area contributed by atoms with Crippen molar-refractivity contribution in [1.29, 1.82) is 0 Å². The quantitative estimate of drug-likeness (QED) is 0.356. The number of nitrogens with one attached hydrogen (secondary N) is 1. The molecule has 41 heavy (non-hydrogen) atoms. The van der Waals surface area contributed by atoms with Crippen molar-refractivity contribution in [2.75, 3.05) is 46.3 Å². The normalized spacial score (nSPS) is 22.7. The maximum absolute atomic E-state index is 12.7. The molecule has 224 valence electrons. The Hall–Kier alpha value is -1.63.